The Balaban J connectivity index is 1.85. The molecule has 0 unspecified atom stereocenters. The zero-order valence-electron chi connectivity index (χ0n) is 14.4. The van der Waals surface area contributed by atoms with Crippen molar-refractivity contribution in [3.05, 3.63) is 58.9 Å². The monoisotopic (exact) mass is 405 g/mol. The third-order valence-electron chi connectivity index (χ3n) is 3.59. The zero-order chi connectivity index (χ0) is 19.6. The van der Waals surface area contributed by atoms with Gasteiger partial charge in [0, 0.05) is 11.4 Å². The van der Waals surface area contributed by atoms with E-state index in [1.165, 1.54) is 12.1 Å². The molecule has 3 aromatic rings. The molecule has 140 valence electrons. The van der Waals surface area contributed by atoms with Crippen LogP contribution in [0.3, 0.4) is 0 Å². The van der Waals surface area contributed by atoms with Crippen LogP contribution in [-0.2, 0) is 10.1 Å². The van der Waals surface area contributed by atoms with Crippen LogP contribution < -0.4 is 10.6 Å². The lowest BCUT2D eigenvalue weighted by Crippen LogP contribution is -2.05. The number of aryl methyl sites for hydroxylation is 2. The smallest absolute Gasteiger partial charge is 0.294 e. The minimum absolute atomic E-state index is 0.00562. The Kier molecular flexibility index (Phi) is 5.26. The topological polar surface area (TPSA) is 117 Å². The average Bonchev–Trinajstić information content (AvgIpc) is 2.53. The van der Waals surface area contributed by atoms with Crippen LogP contribution >= 0.6 is 11.6 Å². The maximum atomic E-state index is 11.3. The van der Waals surface area contributed by atoms with Gasteiger partial charge in [0.2, 0.25) is 17.2 Å². The highest BCUT2D eigenvalue weighted by Gasteiger charge is 2.14. The molecule has 2 aromatic carbocycles. The Morgan fingerprint density at radius 1 is 0.926 bits per heavy atom. The average molecular weight is 406 g/mol. The molecule has 0 radical (unpaired) electrons. The third-order valence-corrected chi connectivity index (χ3v) is 4.77. The molecule has 1 aromatic heterocycles. The summed E-state index contributed by atoms with van der Waals surface area (Å²) in [7, 11) is -4.27. The van der Waals surface area contributed by atoms with E-state index in [0.29, 0.717) is 11.3 Å². The molecule has 1 heterocycles. The summed E-state index contributed by atoms with van der Waals surface area (Å²) in [5, 5.41) is 5.99. The van der Waals surface area contributed by atoms with Crippen molar-refractivity contribution >= 4 is 45.0 Å². The highest BCUT2D eigenvalue weighted by atomic mass is 35.5. The highest BCUT2D eigenvalue weighted by molar-refractivity contribution is 7.85. The zero-order valence-corrected chi connectivity index (χ0v) is 16.0. The minimum Gasteiger partial charge on any atom is -0.324 e. The first-order chi connectivity index (χ1) is 12.7. The van der Waals surface area contributed by atoms with Gasteiger partial charge in [-0.15, -0.1) is 0 Å². The van der Waals surface area contributed by atoms with Crippen molar-refractivity contribution in [1.29, 1.82) is 0 Å². The molecule has 0 saturated carbocycles. The van der Waals surface area contributed by atoms with Crippen LogP contribution in [0.5, 0.6) is 0 Å². The van der Waals surface area contributed by atoms with Gasteiger partial charge in [0.15, 0.2) is 0 Å². The normalized spacial score (nSPS) is 11.3. The highest BCUT2D eigenvalue weighted by Crippen LogP contribution is 2.23. The van der Waals surface area contributed by atoms with E-state index < -0.39 is 10.1 Å². The molecular weight excluding hydrogens is 390 g/mol. The van der Waals surface area contributed by atoms with E-state index in [4.69, 9.17) is 11.6 Å². The molecule has 0 saturated heterocycles. The number of aromatic nitrogens is 3. The second-order valence-electron chi connectivity index (χ2n) is 5.83. The Morgan fingerprint density at radius 2 is 1.56 bits per heavy atom. The first kappa shape index (κ1) is 19.0. The number of halogens is 1. The molecule has 0 atom stereocenters. The van der Waals surface area contributed by atoms with Gasteiger partial charge in [-0.2, -0.15) is 23.4 Å². The van der Waals surface area contributed by atoms with Gasteiger partial charge in [0.1, 0.15) is 0 Å². The maximum Gasteiger partial charge on any atom is 0.294 e. The summed E-state index contributed by atoms with van der Waals surface area (Å²) in [4.78, 5) is 12.2. The van der Waals surface area contributed by atoms with E-state index in [1.54, 1.807) is 13.0 Å². The summed E-state index contributed by atoms with van der Waals surface area (Å²) in [6.07, 6.45) is 0. The lowest BCUT2D eigenvalue weighted by molar-refractivity contribution is 0.482. The number of hydrogen-bond donors (Lipinski definition) is 3. The van der Waals surface area contributed by atoms with Gasteiger partial charge < -0.3 is 10.6 Å². The largest absolute Gasteiger partial charge is 0.324 e. The van der Waals surface area contributed by atoms with Crippen molar-refractivity contribution < 1.29 is 13.0 Å². The second kappa shape index (κ2) is 7.47. The van der Waals surface area contributed by atoms with Crippen LogP contribution in [0.4, 0.5) is 23.3 Å². The Morgan fingerprint density at radius 3 is 2.11 bits per heavy atom. The summed E-state index contributed by atoms with van der Waals surface area (Å²) in [5.41, 5.74) is 2.79. The van der Waals surface area contributed by atoms with E-state index in [0.717, 1.165) is 11.3 Å². The molecule has 3 N–H and O–H groups in total. The van der Waals surface area contributed by atoms with E-state index in [2.05, 4.69) is 25.6 Å². The van der Waals surface area contributed by atoms with Crippen molar-refractivity contribution in [1.82, 2.24) is 15.0 Å². The fourth-order valence-corrected chi connectivity index (χ4v) is 3.33. The molecule has 0 aliphatic carbocycles. The van der Waals surface area contributed by atoms with Gasteiger partial charge in [0.05, 0.1) is 4.90 Å². The predicted octanol–water partition coefficient (Wildman–Crippen LogP) is 3.88. The SMILES string of the molecule is Cc1cccc(Nc2nc(Cl)nc(Nc3ccc(S(=O)(=O)O)c(C)c3)n2)c1. The summed E-state index contributed by atoms with van der Waals surface area (Å²) >= 11 is 5.98. The van der Waals surface area contributed by atoms with Gasteiger partial charge in [0.25, 0.3) is 10.1 Å². The number of nitrogens with one attached hydrogen (secondary N) is 2. The minimum atomic E-state index is -4.27. The Labute approximate surface area is 161 Å². The molecule has 0 amide bonds. The Hall–Kier alpha value is -2.75. The van der Waals surface area contributed by atoms with Gasteiger partial charge in [-0.3, -0.25) is 4.55 Å². The van der Waals surface area contributed by atoms with Crippen LogP contribution in [0.2, 0.25) is 5.28 Å². The second-order valence-corrected chi connectivity index (χ2v) is 7.55. The standard InChI is InChI=1S/C17H16ClN5O3S/c1-10-4-3-5-12(8-10)19-16-21-15(18)22-17(23-16)20-13-6-7-14(11(2)9-13)27(24,25)26/h3-9H,1-2H3,(H,24,25,26)(H2,19,20,21,22,23). The molecule has 0 spiro atoms. The lowest BCUT2D eigenvalue weighted by atomic mass is 10.2. The first-order valence-corrected chi connectivity index (χ1v) is 9.63. The third kappa shape index (κ3) is 4.91. The number of hydrogen-bond acceptors (Lipinski definition) is 7. The first-order valence-electron chi connectivity index (χ1n) is 7.81. The molecule has 0 bridgehead atoms. The van der Waals surface area contributed by atoms with E-state index in [-0.39, 0.29) is 22.1 Å². The quantitative estimate of drug-likeness (QED) is 0.547. The predicted molar refractivity (Wildman–Crippen MR) is 104 cm³/mol. The van der Waals surface area contributed by atoms with E-state index in [9.17, 15) is 13.0 Å². The van der Waals surface area contributed by atoms with E-state index >= 15 is 0 Å². The van der Waals surface area contributed by atoms with Gasteiger partial charge in [-0.25, -0.2) is 0 Å². The van der Waals surface area contributed by atoms with Crippen LogP contribution in [0.25, 0.3) is 0 Å². The molecule has 8 nitrogen and oxygen atoms in total. The number of benzene rings is 2. The van der Waals surface area contributed by atoms with Crippen molar-refractivity contribution in [2.24, 2.45) is 0 Å². The maximum absolute atomic E-state index is 11.3. The molecule has 10 heteroatoms. The fourth-order valence-electron chi connectivity index (χ4n) is 2.46. The molecule has 0 aliphatic rings. The van der Waals surface area contributed by atoms with Crippen molar-refractivity contribution in [3.8, 4) is 0 Å². The summed E-state index contributed by atoms with van der Waals surface area (Å²) in [5.74, 6) is 0.443. The molecule has 0 fully saturated rings. The Bertz CT molecular complexity index is 1110. The summed E-state index contributed by atoms with van der Waals surface area (Å²) in [6.45, 7) is 3.54. The van der Waals surface area contributed by atoms with Crippen LogP contribution in [0, 0.1) is 13.8 Å². The lowest BCUT2D eigenvalue weighted by Gasteiger charge is -2.10. The van der Waals surface area contributed by atoms with Gasteiger partial charge in [-0.1, -0.05) is 12.1 Å². The van der Waals surface area contributed by atoms with Crippen molar-refractivity contribution in [3.63, 3.8) is 0 Å². The number of anilines is 4. The van der Waals surface area contributed by atoms with Crippen molar-refractivity contribution in [2.45, 2.75) is 18.7 Å². The number of rotatable bonds is 5. The van der Waals surface area contributed by atoms with Gasteiger partial charge >= 0.3 is 0 Å². The van der Waals surface area contributed by atoms with Crippen LogP contribution in [-0.4, -0.2) is 27.9 Å². The van der Waals surface area contributed by atoms with E-state index in [1.807, 2.05) is 31.2 Å². The van der Waals surface area contributed by atoms with Crippen LogP contribution in [0.15, 0.2) is 47.4 Å². The van der Waals surface area contributed by atoms with Crippen molar-refractivity contribution in [2.75, 3.05) is 10.6 Å². The molecular formula is C17H16ClN5O3S. The summed E-state index contributed by atoms with van der Waals surface area (Å²) in [6, 6.07) is 12.0. The molecule has 0 aliphatic heterocycles. The number of nitrogens with zero attached hydrogens (tertiary/aromatic N) is 3. The van der Waals surface area contributed by atoms with Gasteiger partial charge in [-0.05, 0) is 66.9 Å². The fraction of sp³-hybridized carbons (Fsp3) is 0.118. The molecule has 3 rings (SSSR count). The molecule has 27 heavy (non-hydrogen) atoms. The summed E-state index contributed by atoms with van der Waals surface area (Å²) < 4.78 is 31.7. The van der Waals surface area contributed by atoms with Crippen LogP contribution in [0.1, 0.15) is 11.1 Å².